The van der Waals surface area contributed by atoms with E-state index in [2.05, 4.69) is 4.98 Å². The molecule has 0 aliphatic carbocycles. The van der Waals surface area contributed by atoms with Crippen LogP contribution >= 0.6 is 11.6 Å². The van der Waals surface area contributed by atoms with Crippen molar-refractivity contribution in [2.75, 3.05) is 6.61 Å². The molecule has 0 aliphatic rings. The smallest absolute Gasteiger partial charge is 0.340 e. The van der Waals surface area contributed by atoms with Crippen molar-refractivity contribution in [1.82, 2.24) is 4.98 Å². The van der Waals surface area contributed by atoms with E-state index in [1.165, 1.54) is 0 Å². The van der Waals surface area contributed by atoms with Gasteiger partial charge in [0.15, 0.2) is 0 Å². The van der Waals surface area contributed by atoms with Gasteiger partial charge >= 0.3 is 5.97 Å². The highest BCUT2D eigenvalue weighted by Gasteiger charge is 2.17. The fourth-order valence-corrected chi connectivity index (χ4v) is 2.05. The predicted molar refractivity (Wildman–Crippen MR) is 87.2 cm³/mol. The summed E-state index contributed by atoms with van der Waals surface area (Å²) in [7, 11) is 0. The number of carbonyl (C=O) groups is 1. The van der Waals surface area contributed by atoms with Gasteiger partial charge in [0.25, 0.3) is 5.69 Å². The van der Waals surface area contributed by atoms with Crippen LogP contribution in [0.15, 0.2) is 36.5 Å². The number of hydrogen-bond donors (Lipinski definition) is 0. The summed E-state index contributed by atoms with van der Waals surface area (Å²) in [6.45, 7) is 1.82. The topological polar surface area (TPSA) is 82.3 Å². The normalized spacial score (nSPS) is 10.7. The standard InChI is InChI=1S/C16H13ClN2O4/c1-2-23-16(20)14-9-13(19(21)22)10-18-15(14)7-6-11-4-3-5-12(17)8-11/h3-10H,2H2,1H3/b7-6+. The first-order chi connectivity index (χ1) is 11.0. The minimum Gasteiger partial charge on any atom is -0.462 e. The van der Waals surface area contributed by atoms with E-state index in [1.54, 1.807) is 37.3 Å². The summed E-state index contributed by atoms with van der Waals surface area (Å²) in [5.74, 6) is -0.658. The van der Waals surface area contributed by atoms with Crippen molar-refractivity contribution < 1.29 is 14.5 Å². The van der Waals surface area contributed by atoms with E-state index in [4.69, 9.17) is 16.3 Å². The highest BCUT2D eigenvalue weighted by atomic mass is 35.5. The number of hydrogen-bond acceptors (Lipinski definition) is 5. The highest BCUT2D eigenvalue weighted by molar-refractivity contribution is 6.30. The van der Waals surface area contributed by atoms with Crippen LogP contribution in [-0.2, 0) is 4.74 Å². The van der Waals surface area contributed by atoms with Crippen molar-refractivity contribution >= 4 is 35.4 Å². The first kappa shape index (κ1) is 16.6. The molecular weight excluding hydrogens is 320 g/mol. The van der Waals surface area contributed by atoms with Gasteiger partial charge in [0, 0.05) is 11.1 Å². The number of nitro groups is 1. The minimum atomic E-state index is -0.658. The maximum Gasteiger partial charge on any atom is 0.340 e. The van der Waals surface area contributed by atoms with Crippen molar-refractivity contribution in [2.45, 2.75) is 6.92 Å². The summed E-state index contributed by atoms with van der Waals surface area (Å²) < 4.78 is 4.92. The van der Waals surface area contributed by atoms with Gasteiger partial charge in [-0.2, -0.15) is 0 Å². The van der Waals surface area contributed by atoms with E-state index < -0.39 is 10.9 Å². The van der Waals surface area contributed by atoms with Crippen molar-refractivity contribution in [3.8, 4) is 0 Å². The van der Waals surface area contributed by atoms with Gasteiger partial charge in [0.1, 0.15) is 6.20 Å². The molecule has 0 saturated heterocycles. The Kier molecular flexibility index (Phi) is 5.43. The number of ether oxygens (including phenoxy) is 1. The lowest BCUT2D eigenvalue weighted by Gasteiger charge is -2.05. The van der Waals surface area contributed by atoms with Crippen molar-refractivity contribution in [3.63, 3.8) is 0 Å². The average Bonchev–Trinajstić information content (AvgIpc) is 2.53. The van der Waals surface area contributed by atoms with Gasteiger partial charge in [-0.25, -0.2) is 9.78 Å². The molecule has 1 aromatic carbocycles. The third kappa shape index (κ3) is 4.37. The van der Waals surface area contributed by atoms with Gasteiger partial charge in [0.05, 0.1) is 22.8 Å². The lowest BCUT2D eigenvalue weighted by atomic mass is 10.1. The number of halogens is 1. The third-order valence-corrected chi connectivity index (χ3v) is 3.13. The summed E-state index contributed by atoms with van der Waals surface area (Å²) in [5, 5.41) is 11.4. The molecule has 0 radical (unpaired) electrons. The summed E-state index contributed by atoms with van der Waals surface area (Å²) in [4.78, 5) is 26.2. The molecule has 0 fully saturated rings. The number of aromatic nitrogens is 1. The molecule has 0 N–H and O–H groups in total. The Bertz CT molecular complexity index is 774. The van der Waals surface area contributed by atoms with Crippen LogP contribution in [0.25, 0.3) is 12.2 Å². The Balaban J connectivity index is 2.40. The molecule has 0 saturated carbocycles. The molecule has 2 rings (SSSR count). The van der Waals surface area contributed by atoms with Gasteiger partial charge in [-0.15, -0.1) is 0 Å². The predicted octanol–water partition coefficient (Wildman–Crippen LogP) is 3.99. The molecule has 6 nitrogen and oxygen atoms in total. The average molecular weight is 333 g/mol. The van der Waals surface area contributed by atoms with Crippen LogP contribution in [0.5, 0.6) is 0 Å². The molecule has 0 amide bonds. The Morgan fingerprint density at radius 3 is 2.83 bits per heavy atom. The first-order valence-corrected chi connectivity index (χ1v) is 7.14. The second-order valence-corrected chi connectivity index (χ2v) is 4.93. The summed E-state index contributed by atoms with van der Waals surface area (Å²) in [6, 6.07) is 8.26. The fraction of sp³-hybridized carbons (Fsp3) is 0.125. The second-order valence-electron chi connectivity index (χ2n) is 4.49. The molecule has 1 aromatic heterocycles. The number of rotatable bonds is 5. The molecule has 0 atom stereocenters. The summed E-state index contributed by atoms with van der Waals surface area (Å²) in [5.41, 5.74) is 0.869. The second kappa shape index (κ2) is 7.51. The molecule has 0 bridgehead atoms. The Morgan fingerprint density at radius 1 is 1.39 bits per heavy atom. The van der Waals surface area contributed by atoms with Crippen molar-refractivity contribution in [3.05, 3.63) is 68.5 Å². The van der Waals surface area contributed by atoms with Gasteiger partial charge in [-0.1, -0.05) is 29.8 Å². The molecule has 0 unspecified atom stereocenters. The van der Waals surface area contributed by atoms with Crippen LogP contribution < -0.4 is 0 Å². The van der Waals surface area contributed by atoms with E-state index in [-0.39, 0.29) is 23.6 Å². The Morgan fingerprint density at radius 2 is 2.17 bits per heavy atom. The van der Waals surface area contributed by atoms with Gasteiger partial charge in [-0.3, -0.25) is 10.1 Å². The lowest BCUT2D eigenvalue weighted by molar-refractivity contribution is -0.385. The lowest BCUT2D eigenvalue weighted by Crippen LogP contribution is -2.08. The molecule has 2 aromatic rings. The number of esters is 1. The van der Waals surface area contributed by atoms with Gasteiger partial charge in [0.2, 0.25) is 0 Å². The van der Waals surface area contributed by atoms with Crippen LogP contribution in [0.2, 0.25) is 5.02 Å². The van der Waals surface area contributed by atoms with Crippen LogP contribution in [0.3, 0.4) is 0 Å². The largest absolute Gasteiger partial charge is 0.462 e. The van der Waals surface area contributed by atoms with Crippen molar-refractivity contribution in [1.29, 1.82) is 0 Å². The molecule has 7 heteroatoms. The zero-order chi connectivity index (χ0) is 16.8. The Labute approximate surface area is 137 Å². The van der Waals surface area contributed by atoms with Gasteiger partial charge < -0.3 is 4.74 Å². The van der Waals surface area contributed by atoms with E-state index in [9.17, 15) is 14.9 Å². The van der Waals surface area contributed by atoms with Crippen LogP contribution in [0.1, 0.15) is 28.5 Å². The maximum absolute atomic E-state index is 12.0. The maximum atomic E-state index is 12.0. The molecule has 0 aliphatic heterocycles. The number of nitrogens with zero attached hydrogens (tertiary/aromatic N) is 2. The monoisotopic (exact) mass is 332 g/mol. The zero-order valence-electron chi connectivity index (χ0n) is 12.2. The van der Waals surface area contributed by atoms with E-state index in [0.717, 1.165) is 17.8 Å². The SMILES string of the molecule is CCOC(=O)c1cc([N+](=O)[O-])cnc1/C=C/c1cccc(Cl)c1. The molecule has 23 heavy (non-hydrogen) atoms. The minimum absolute atomic E-state index is 0.0410. The number of pyridine rings is 1. The van der Waals surface area contributed by atoms with E-state index in [0.29, 0.717) is 5.02 Å². The van der Waals surface area contributed by atoms with Crippen LogP contribution in [-0.4, -0.2) is 22.5 Å². The highest BCUT2D eigenvalue weighted by Crippen LogP contribution is 2.19. The number of benzene rings is 1. The molecule has 0 spiro atoms. The van der Waals surface area contributed by atoms with Crippen LogP contribution in [0, 0.1) is 10.1 Å². The Hall–Kier alpha value is -2.73. The van der Waals surface area contributed by atoms with Crippen LogP contribution in [0.4, 0.5) is 5.69 Å². The van der Waals surface area contributed by atoms with Gasteiger partial charge in [-0.05, 0) is 30.7 Å². The summed E-state index contributed by atoms with van der Waals surface area (Å²) in [6.07, 6.45) is 4.39. The third-order valence-electron chi connectivity index (χ3n) is 2.89. The fourth-order valence-electron chi connectivity index (χ4n) is 1.85. The number of carbonyl (C=O) groups excluding carboxylic acids is 1. The molecule has 1 heterocycles. The zero-order valence-corrected chi connectivity index (χ0v) is 13.0. The van der Waals surface area contributed by atoms with E-state index >= 15 is 0 Å². The van der Waals surface area contributed by atoms with Crippen molar-refractivity contribution in [2.24, 2.45) is 0 Å². The first-order valence-electron chi connectivity index (χ1n) is 6.76. The quantitative estimate of drug-likeness (QED) is 0.469. The molecular formula is C16H13ClN2O4. The summed E-state index contributed by atoms with van der Waals surface area (Å²) >= 11 is 5.91. The molecule has 118 valence electrons. The van der Waals surface area contributed by atoms with E-state index in [1.807, 2.05) is 6.07 Å².